The highest BCUT2D eigenvalue weighted by Crippen LogP contribution is 2.17. The summed E-state index contributed by atoms with van der Waals surface area (Å²) >= 11 is 0. The molecule has 6 nitrogen and oxygen atoms in total. The van der Waals surface area contributed by atoms with Gasteiger partial charge in [0, 0.05) is 37.3 Å². The number of nitrogens with zero attached hydrogens (tertiary/aromatic N) is 2. The molecule has 0 saturated heterocycles. The zero-order chi connectivity index (χ0) is 31.1. The minimum absolute atomic E-state index is 0.0764. The van der Waals surface area contributed by atoms with Crippen LogP contribution in [0.4, 0.5) is 11.4 Å². The molecule has 0 saturated carbocycles. The van der Waals surface area contributed by atoms with Gasteiger partial charge in [0.25, 0.3) is 0 Å². The third-order valence-electron chi connectivity index (χ3n) is 8.01. The van der Waals surface area contributed by atoms with Gasteiger partial charge in [0.05, 0.1) is 0 Å². The van der Waals surface area contributed by atoms with Crippen LogP contribution in [-0.4, -0.2) is 60.9 Å². The van der Waals surface area contributed by atoms with Crippen molar-refractivity contribution in [2.75, 3.05) is 49.9 Å². The third-order valence-corrected chi connectivity index (χ3v) is 8.01. The zero-order valence-corrected chi connectivity index (χ0v) is 27.8. The van der Waals surface area contributed by atoms with Crippen molar-refractivity contribution in [2.24, 2.45) is 0 Å². The molecule has 2 amide bonds. The van der Waals surface area contributed by atoms with Gasteiger partial charge in [-0.2, -0.15) is 0 Å². The standard InChI is InChI=1S/C37H60N4O2/c1-5-9-13-27-40(25-11-7-3)29-23-36(42)38-34-19-15-32(16-20-34)31-33-17-21-35(22-18-33)39-37(43)24-30-41(26-12-8-4)28-14-10-6-2/h15-22H,5-14,23-31H2,1-4H3,(H,38,42)(H,39,43). The van der Waals surface area contributed by atoms with Crippen LogP contribution in [0, 0.1) is 0 Å². The van der Waals surface area contributed by atoms with Crippen LogP contribution >= 0.6 is 0 Å². The molecule has 2 N–H and O–H groups in total. The Morgan fingerprint density at radius 3 is 1.19 bits per heavy atom. The Morgan fingerprint density at radius 2 is 0.837 bits per heavy atom. The topological polar surface area (TPSA) is 64.7 Å². The minimum Gasteiger partial charge on any atom is -0.326 e. The molecule has 0 aliphatic carbocycles. The fourth-order valence-electron chi connectivity index (χ4n) is 5.22. The van der Waals surface area contributed by atoms with E-state index < -0.39 is 0 Å². The largest absolute Gasteiger partial charge is 0.326 e. The van der Waals surface area contributed by atoms with Crippen LogP contribution in [0.5, 0.6) is 0 Å². The van der Waals surface area contributed by atoms with Gasteiger partial charge in [0.15, 0.2) is 0 Å². The maximum absolute atomic E-state index is 12.6. The molecule has 0 bridgehead atoms. The molecule has 2 aromatic carbocycles. The molecule has 0 radical (unpaired) electrons. The Balaban J connectivity index is 1.77. The summed E-state index contributed by atoms with van der Waals surface area (Å²) in [6, 6.07) is 16.3. The quantitative estimate of drug-likeness (QED) is 0.120. The fourth-order valence-corrected chi connectivity index (χ4v) is 5.22. The highest BCUT2D eigenvalue weighted by molar-refractivity contribution is 5.91. The van der Waals surface area contributed by atoms with E-state index in [1.807, 2.05) is 24.3 Å². The predicted molar refractivity (Wildman–Crippen MR) is 184 cm³/mol. The van der Waals surface area contributed by atoms with E-state index in [9.17, 15) is 9.59 Å². The van der Waals surface area contributed by atoms with Gasteiger partial charge in [-0.15, -0.1) is 0 Å². The fraction of sp³-hybridized carbons (Fsp3) is 0.622. The number of carbonyl (C=O) groups excluding carboxylic acids is 2. The Morgan fingerprint density at radius 1 is 0.488 bits per heavy atom. The normalized spacial score (nSPS) is 11.3. The Hall–Kier alpha value is -2.70. The summed E-state index contributed by atoms with van der Waals surface area (Å²) in [6.07, 6.45) is 13.9. The van der Waals surface area contributed by atoms with E-state index in [0.717, 1.165) is 57.1 Å². The maximum atomic E-state index is 12.6. The smallest absolute Gasteiger partial charge is 0.225 e. The van der Waals surface area contributed by atoms with E-state index in [1.165, 1.54) is 75.3 Å². The summed E-state index contributed by atoms with van der Waals surface area (Å²) in [4.78, 5) is 30.1. The second-order valence-electron chi connectivity index (χ2n) is 12.0. The number of rotatable bonds is 24. The first kappa shape index (κ1) is 36.5. The molecule has 0 aliphatic heterocycles. The lowest BCUT2D eigenvalue weighted by Gasteiger charge is -2.21. The lowest BCUT2D eigenvalue weighted by atomic mass is 10.0. The van der Waals surface area contributed by atoms with Crippen molar-refractivity contribution < 1.29 is 9.59 Å². The SMILES string of the molecule is CCCCCN(CCCC)CCC(=O)Nc1ccc(Cc2ccc(NC(=O)CCN(CCCC)CCCCC)cc2)cc1. The summed E-state index contributed by atoms with van der Waals surface area (Å²) in [6.45, 7) is 14.9. The van der Waals surface area contributed by atoms with Gasteiger partial charge in [-0.3, -0.25) is 9.59 Å². The van der Waals surface area contributed by atoms with E-state index in [0.29, 0.717) is 12.8 Å². The van der Waals surface area contributed by atoms with Gasteiger partial charge in [-0.1, -0.05) is 90.5 Å². The number of hydrogen-bond acceptors (Lipinski definition) is 4. The van der Waals surface area contributed by atoms with Gasteiger partial charge in [0.1, 0.15) is 0 Å². The average Bonchev–Trinajstić information content (AvgIpc) is 3.01. The van der Waals surface area contributed by atoms with Crippen molar-refractivity contribution in [3.63, 3.8) is 0 Å². The van der Waals surface area contributed by atoms with Crippen molar-refractivity contribution in [3.05, 3.63) is 59.7 Å². The van der Waals surface area contributed by atoms with Crippen LogP contribution < -0.4 is 10.6 Å². The molecule has 0 aromatic heterocycles. The molecule has 2 rings (SSSR count). The second kappa shape index (κ2) is 22.8. The average molecular weight is 593 g/mol. The van der Waals surface area contributed by atoms with Crippen LogP contribution in [-0.2, 0) is 16.0 Å². The molecule has 43 heavy (non-hydrogen) atoms. The first-order chi connectivity index (χ1) is 21.0. The number of nitrogens with one attached hydrogen (secondary N) is 2. The summed E-state index contributed by atoms with van der Waals surface area (Å²) in [5, 5.41) is 6.14. The second-order valence-corrected chi connectivity index (χ2v) is 12.0. The molecular formula is C37H60N4O2. The lowest BCUT2D eigenvalue weighted by Crippen LogP contribution is -2.30. The number of anilines is 2. The molecule has 240 valence electrons. The van der Waals surface area contributed by atoms with Gasteiger partial charge in [-0.05, 0) is 93.7 Å². The molecule has 0 aliphatic rings. The van der Waals surface area contributed by atoms with E-state index in [4.69, 9.17) is 0 Å². The molecule has 0 fully saturated rings. The maximum Gasteiger partial charge on any atom is 0.225 e. The van der Waals surface area contributed by atoms with Crippen molar-refractivity contribution >= 4 is 23.2 Å². The number of unbranched alkanes of at least 4 members (excludes halogenated alkanes) is 6. The summed E-state index contributed by atoms with van der Waals surface area (Å²) in [5.74, 6) is 0.153. The van der Waals surface area contributed by atoms with Crippen LogP contribution in [0.25, 0.3) is 0 Å². The van der Waals surface area contributed by atoms with Gasteiger partial charge in [0.2, 0.25) is 11.8 Å². The molecule has 0 heterocycles. The zero-order valence-electron chi connectivity index (χ0n) is 27.8. The lowest BCUT2D eigenvalue weighted by molar-refractivity contribution is -0.117. The van der Waals surface area contributed by atoms with E-state index in [2.05, 4.69) is 72.4 Å². The number of amides is 2. The Bertz CT molecular complexity index is 925. The first-order valence-corrected chi connectivity index (χ1v) is 17.2. The molecular weight excluding hydrogens is 532 g/mol. The van der Waals surface area contributed by atoms with Gasteiger partial charge >= 0.3 is 0 Å². The van der Waals surface area contributed by atoms with Crippen molar-refractivity contribution in [3.8, 4) is 0 Å². The molecule has 0 atom stereocenters. The Labute approximate surface area is 263 Å². The third kappa shape index (κ3) is 16.7. The molecule has 0 spiro atoms. The number of benzene rings is 2. The molecule has 0 unspecified atom stereocenters. The summed E-state index contributed by atoms with van der Waals surface area (Å²) in [5.41, 5.74) is 4.06. The van der Waals surface area contributed by atoms with Crippen molar-refractivity contribution in [2.45, 2.75) is 111 Å². The van der Waals surface area contributed by atoms with Crippen LogP contribution in [0.2, 0.25) is 0 Å². The van der Waals surface area contributed by atoms with Crippen molar-refractivity contribution in [1.82, 2.24) is 9.80 Å². The molecule has 6 heteroatoms. The monoisotopic (exact) mass is 592 g/mol. The minimum atomic E-state index is 0.0764. The summed E-state index contributed by atoms with van der Waals surface area (Å²) in [7, 11) is 0. The van der Waals surface area contributed by atoms with Crippen molar-refractivity contribution in [1.29, 1.82) is 0 Å². The predicted octanol–water partition coefficient (Wildman–Crippen LogP) is 8.52. The first-order valence-electron chi connectivity index (χ1n) is 17.2. The highest BCUT2D eigenvalue weighted by Gasteiger charge is 2.10. The number of hydrogen-bond donors (Lipinski definition) is 2. The van der Waals surface area contributed by atoms with Gasteiger partial charge in [-0.25, -0.2) is 0 Å². The highest BCUT2D eigenvalue weighted by atomic mass is 16.2. The van der Waals surface area contributed by atoms with E-state index in [1.54, 1.807) is 0 Å². The van der Waals surface area contributed by atoms with E-state index in [-0.39, 0.29) is 11.8 Å². The number of carbonyl (C=O) groups is 2. The van der Waals surface area contributed by atoms with Crippen LogP contribution in [0.3, 0.4) is 0 Å². The summed E-state index contributed by atoms with van der Waals surface area (Å²) < 4.78 is 0. The van der Waals surface area contributed by atoms with Crippen LogP contribution in [0.1, 0.15) is 116 Å². The molecule has 2 aromatic rings. The van der Waals surface area contributed by atoms with Crippen LogP contribution in [0.15, 0.2) is 48.5 Å². The van der Waals surface area contributed by atoms with Gasteiger partial charge < -0.3 is 20.4 Å². The Kier molecular flexibility index (Phi) is 19.3. The van der Waals surface area contributed by atoms with E-state index >= 15 is 0 Å².